The Morgan fingerprint density at radius 3 is 2.70 bits per heavy atom. The van der Waals surface area contributed by atoms with Crippen molar-refractivity contribution in [3.05, 3.63) is 57.6 Å². The number of halogens is 2. The summed E-state index contributed by atoms with van der Waals surface area (Å²) in [5.41, 5.74) is 2.77. The lowest BCUT2D eigenvalue weighted by molar-refractivity contribution is -0.139. The molecule has 0 saturated carbocycles. The highest BCUT2D eigenvalue weighted by atomic mass is 35.5. The van der Waals surface area contributed by atoms with Gasteiger partial charge in [0.2, 0.25) is 5.91 Å². The van der Waals surface area contributed by atoms with Gasteiger partial charge in [0.1, 0.15) is 5.75 Å². The molecule has 1 atom stereocenters. The zero-order valence-electron chi connectivity index (χ0n) is 16.7. The second kappa shape index (κ2) is 10.2. The normalized spacial score (nSPS) is 15.0. The molecule has 0 aliphatic carbocycles. The molecule has 0 radical (unpaired) electrons. The van der Waals surface area contributed by atoms with E-state index in [1.807, 2.05) is 19.1 Å². The highest BCUT2D eigenvalue weighted by molar-refractivity contribution is 6.36. The molecule has 1 aliphatic heterocycles. The molecular formula is C22H24Cl2N2O4. The number of carboxylic acids is 1. The Hall–Kier alpha value is -2.28. The average Bonchev–Trinajstić information content (AvgIpc) is 2.91. The van der Waals surface area contributed by atoms with Crippen molar-refractivity contribution in [1.29, 1.82) is 0 Å². The number of nitrogens with one attached hydrogen (secondary N) is 1. The number of carboxylic acid groups (broad SMARTS) is 1. The maximum atomic E-state index is 13.0. The summed E-state index contributed by atoms with van der Waals surface area (Å²) in [5, 5.41) is 12.6. The zero-order valence-corrected chi connectivity index (χ0v) is 18.2. The third-order valence-electron chi connectivity index (χ3n) is 5.12. The van der Waals surface area contributed by atoms with Crippen LogP contribution in [-0.2, 0) is 22.6 Å². The number of hydrogen-bond acceptors (Lipinski definition) is 4. The van der Waals surface area contributed by atoms with Crippen LogP contribution in [0, 0.1) is 0 Å². The second-order valence-corrected chi connectivity index (χ2v) is 8.07. The van der Waals surface area contributed by atoms with Gasteiger partial charge in [0, 0.05) is 11.6 Å². The molecule has 1 heterocycles. The van der Waals surface area contributed by atoms with Gasteiger partial charge in [0.15, 0.2) is 6.61 Å². The van der Waals surface area contributed by atoms with Crippen LogP contribution in [0.25, 0.3) is 0 Å². The van der Waals surface area contributed by atoms with E-state index in [-0.39, 0.29) is 18.6 Å². The van der Waals surface area contributed by atoms with Gasteiger partial charge in [0.25, 0.3) is 0 Å². The van der Waals surface area contributed by atoms with Gasteiger partial charge in [-0.2, -0.15) is 0 Å². The summed E-state index contributed by atoms with van der Waals surface area (Å²) < 4.78 is 5.32. The second-order valence-electron chi connectivity index (χ2n) is 7.22. The first-order chi connectivity index (χ1) is 14.4. The molecule has 2 aromatic carbocycles. The maximum absolute atomic E-state index is 13.0. The van der Waals surface area contributed by atoms with Gasteiger partial charge < -0.3 is 15.2 Å². The monoisotopic (exact) mass is 450 g/mol. The van der Waals surface area contributed by atoms with Crippen molar-refractivity contribution in [3.8, 4) is 5.75 Å². The summed E-state index contributed by atoms with van der Waals surface area (Å²) in [6.45, 7) is 2.95. The number of anilines is 1. The molecule has 2 N–H and O–H groups in total. The van der Waals surface area contributed by atoms with Crippen LogP contribution in [0.15, 0.2) is 36.4 Å². The minimum Gasteiger partial charge on any atom is -0.482 e. The largest absolute Gasteiger partial charge is 0.482 e. The molecule has 1 aliphatic rings. The molecule has 0 aromatic heterocycles. The number of nitrogens with zero attached hydrogens (tertiary/aromatic N) is 1. The lowest BCUT2D eigenvalue weighted by Crippen LogP contribution is -2.43. The lowest BCUT2D eigenvalue weighted by atomic mass is 10.0. The standard InChI is InChI=1S/C22H24Cl2N2O4/c1-2-20(22(29)25-19-8-6-16(23)11-18(19)24)26-9-3-4-14-5-7-17(10-15(14)12-26)30-13-21(27)28/h5-8,10-11,20H,2-4,9,12-13H2,1H3,(H,25,29)(H,27,28). The Balaban J connectivity index is 1.75. The van der Waals surface area contributed by atoms with Crippen LogP contribution in [0.4, 0.5) is 5.69 Å². The summed E-state index contributed by atoms with van der Waals surface area (Å²) in [7, 11) is 0. The van der Waals surface area contributed by atoms with E-state index >= 15 is 0 Å². The predicted molar refractivity (Wildman–Crippen MR) is 117 cm³/mol. The summed E-state index contributed by atoms with van der Waals surface area (Å²) >= 11 is 12.1. The molecule has 1 unspecified atom stereocenters. The summed E-state index contributed by atoms with van der Waals surface area (Å²) in [6.07, 6.45) is 2.46. The number of fused-ring (bicyclic) bond motifs is 1. The number of hydrogen-bond donors (Lipinski definition) is 2. The zero-order chi connectivity index (χ0) is 21.7. The van der Waals surface area contributed by atoms with E-state index in [9.17, 15) is 9.59 Å². The third kappa shape index (κ3) is 5.65. The van der Waals surface area contributed by atoms with E-state index in [1.54, 1.807) is 24.3 Å². The number of amides is 1. The fraction of sp³-hybridized carbons (Fsp3) is 0.364. The number of benzene rings is 2. The highest BCUT2D eigenvalue weighted by Gasteiger charge is 2.27. The van der Waals surface area contributed by atoms with Gasteiger partial charge >= 0.3 is 5.97 Å². The molecule has 0 spiro atoms. The van der Waals surface area contributed by atoms with Crippen molar-refractivity contribution in [2.24, 2.45) is 0 Å². The topological polar surface area (TPSA) is 78.9 Å². The lowest BCUT2D eigenvalue weighted by Gasteiger charge is -2.29. The van der Waals surface area contributed by atoms with Crippen LogP contribution >= 0.6 is 23.2 Å². The summed E-state index contributed by atoms with van der Waals surface area (Å²) in [6, 6.07) is 10.3. The number of aliphatic carboxylic acids is 1. The third-order valence-corrected chi connectivity index (χ3v) is 5.67. The van der Waals surface area contributed by atoms with Gasteiger partial charge in [-0.3, -0.25) is 9.69 Å². The van der Waals surface area contributed by atoms with Gasteiger partial charge in [-0.1, -0.05) is 36.2 Å². The van der Waals surface area contributed by atoms with Crippen LogP contribution in [0.5, 0.6) is 5.75 Å². The first kappa shape index (κ1) is 22.4. The first-order valence-corrected chi connectivity index (χ1v) is 10.6. The molecule has 30 heavy (non-hydrogen) atoms. The number of carbonyl (C=O) groups excluding carboxylic acids is 1. The Labute approximate surface area is 185 Å². The fourth-order valence-electron chi connectivity index (χ4n) is 3.68. The fourth-order valence-corrected chi connectivity index (χ4v) is 4.14. The van der Waals surface area contributed by atoms with E-state index in [2.05, 4.69) is 10.2 Å². The molecule has 8 heteroatoms. The molecule has 6 nitrogen and oxygen atoms in total. The average molecular weight is 451 g/mol. The van der Waals surface area contributed by atoms with Gasteiger partial charge in [-0.05, 0) is 67.3 Å². The van der Waals surface area contributed by atoms with Crippen molar-refractivity contribution in [2.45, 2.75) is 38.8 Å². The van der Waals surface area contributed by atoms with E-state index in [4.69, 9.17) is 33.0 Å². The van der Waals surface area contributed by atoms with Crippen LogP contribution in [0.2, 0.25) is 10.0 Å². The number of carbonyl (C=O) groups is 2. The minimum atomic E-state index is -1.02. The molecule has 3 rings (SSSR count). The SMILES string of the molecule is CCC(C(=O)Nc1ccc(Cl)cc1Cl)N1CCCc2ccc(OCC(=O)O)cc2C1. The van der Waals surface area contributed by atoms with Gasteiger partial charge in [-0.15, -0.1) is 0 Å². The Bertz CT molecular complexity index is 935. The predicted octanol–water partition coefficient (Wildman–Crippen LogP) is 4.62. The maximum Gasteiger partial charge on any atom is 0.341 e. The van der Waals surface area contributed by atoms with E-state index < -0.39 is 5.97 Å². The van der Waals surface area contributed by atoms with E-state index in [0.29, 0.717) is 34.4 Å². The number of ether oxygens (including phenoxy) is 1. The van der Waals surface area contributed by atoms with Crippen LogP contribution < -0.4 is 10.1 Å². The van der Waals surface area contributed by atoms with Crippen molar-refractivity contribution in [3.63, 3.8) is 0 Å². The molecule has 0 bridgehead atoms. The van der Waals surface area contributed by atoms with E-state index in [0.717, 1.165) is 24.9 Å². The van der Waals surface area contributed by atoms with Crippen LogP contribution in [0.1, 0.15) is 30.9 Å². The Morgan fingerprint density at radius 1 is 1.20 bits per heavy atom. The van der Waals surface area contributed by atoms with Crippen molar-refractivity contribution in [2.75, 3.05) is 18.5 Å². The number of rotatable bonds is 7. The minimum absolute atomic E-state index is 0.122. The number of aryl methyl sites for hydroxylation is 1. The Kier molecular flexibility index (Phi) is 7.58. The molecule has 160 valence electrons. The van der Waals surface area contributed by atoms with Gasteiger partial charge in [-0.25, -0.2) is 4.79 Å². The first-order valence-electron chi connectivity index (χ1n) is 9.83. The molecule has 2 aromatic rings. The van der Waals surface area contributed by atoms with Crippen LogP contribution in [-0.4, -0.2) is 41.1 Å². The van der Waals surface area contributed by atoms with Gasteiger partial charge in [0.05, 0.1) is 16.8 Å². The molecular weight excluding hydrogens is 427 g/mol. The van der Waals surface area contributed by atoms with E-state index in [1.165, 1.54) is 5.56 Å². The molecule has 0 fully saturated rings. The van der Waals surface area contributed by atoms with Crippen LogP contribution in [0.3, 0.4) is 0 Å². The summed E-state index contributed by atoms with van der Waals surface area (Å²) in [4.78, 5) is 25.9. The molecule has 0 saturated heterocycles. The highest BCUT2D eigenvalue weighted by Crippen LogP contribution is 2.28. The smallest absolute Gasteiger partial charge is 0.341 e. The van der Waals surface area contributed by atoms with Crippen molar-refractivity contribution in [1.82, 2.24) is 4.90 Å². The van der Waals surface area contributed by atoms with Crippen molar-refractivity contribution < 1.29 is 19.4 Å². The summed E-state index contributed by atoms with van der Waals surface area (Å²) in [5.74, 6) is -0.623. The quantitative estimate of drug-likeness (QED) is 0.642. The molecule has 1 amide bonds. The van der Waals surface area contributed by atoms with Crippen molar-refractivity contribution >= 4 is 40.8 Å². The Morgan fingerprint density at radius 2 is 2.00 bits per heavy atom.